The lowest BCUT2D eigenvalue weighted by molar-refractivity contribution is 0.109. The molecule has 2 rings (SSSR count). The molecule has 1 fully saturated rings. The first kappa shape index (κ1) is 9.46. The molecule has 0 saturated carbocycles. The molecule has 0 N–H and O–H groups in total. The van der Waals surface area contributed by atoms with E-state index in [4.69, 9.17) is 4.42 Å². The van der Waals surface area contributed by atoms with Gasteiger partial charge in [-0.05, 0) is 38.4 Å². The molecule has 0 radical (unpaired) electrons. The van der Waals surface area contributed by atoms with Gasteiger partial charge < -0.3 is 4.42 Å². The second-order valence-electron chi connectivity index (χ2n) is 3.88. The first-order valence-corrected chi connectivity index (χ1v) is 5.07. The molecule has 3 heteroatoms. The Hall–Kier alpha value is -1.09. The number of nitrogens with zero attached hydrogens (tertiary/aromatic N) is 1. The molecular formula is C11H15NO2. The molecule has 0 bridgehead atoms. The number of hydrogen-bond donors (Lipinski definition) is 0. The van der Waals surface area contributed by atoms with E-state index in [9.17, 15) is 4.79 Å². The van der Waals surface area contributed by atoms with Crippen molar-refractivity contribution in [2.75, 3.05) is 6.54 Å². The summed E-state index contributed by atoms with van der Waals surface area (Å²) in [4.78, 5) is 12.8. The van der Waals surface area contributed by atoms with Crippen LogP contribution in [-0.2, 0) is 6.54 Å². The molecule has 1 aromatic rings. The number of carbonyl (C=O) groups is 1. The molecule has 1 unspecified atom stereocenters. The molecule has 0 aliphatic carbocycles. The predicted molar refractivity (Wildman–Crippen MR) is 53.2 cm³/mol. The highest BCUT2D eigenvalue weighted by Crippen LogP contribution is 2.19. The van der Waals surface area contributed by atoms with Crippen molar-refractivity contribution in [2.45, 2.75) is 32.4 Å². The number of hydrogen-bond acceptors (Lipinski definition) is 3. The number of aldehydes is 1. The molecular weight excluding hydrogens is 178 g/mol. The lowest BCUT2D eigenvalue weighted by Crippen LogP contribution is -2.25. The minimum absolute atomic E-state index is 0.423. The first-order chi connectivity index (χ1) is 6.79. The maximum Gasteiger partial charge on any atom is 0.185 e. The predicted octanol–water partition coefficient (Wildman–Crippen LogP) is 2.08. The van der Waals surface area contributed by atoms with Crippen LogP contribution < -0.4 is 0 Å². The Bertz CT molecular complexity index is 319. The van der Waals surface area contributed by atoms with Gasteiger partial charge in [0.05, 0.1) is 6.54 Å². The van der Waals surface area contributed by atoms with Crippen LogP contribution in [0.3, 0.4) is 0 Å². The zero-order chi connectivity index (χ0) is 9.97. The van der Waals surface area contributed by atoms with E-state index in [0.717, 1.165) is 25.1 Å². The van der Waals surface area contributed by atoms with E-state index in [0.29, 0.717) is 11.8 Å². The van der Waals surface area contributed by atoms with E-state index in [1.165, 1.54) is 12.8 Å². The Kier molecular flexibility index (Phi) is 2.68. The molecule has 1 aliphatic rings. The molecule has 3 nitrogen and oxygen atoms in total. The van der Waals surface area contributed by atoms with Crippen LogP contribution in [0.5, 0.6) is 0 Å². The molecule has 76 valence electrons. The van der Waals surface area contributed by atoms with Gasteiger partial charge in [0, 0.05) is 6.04 Å². The standard InChI is InChI=1S/C11H15NO2/c1-9-3-2-6-12(9)7-10-4-5-11(8-13)14-10/h4-5,8-9H,2-3,6-7H2,1H3. The Labute approximate surface area is 83.7 Å². The fraction of sp³-hybridized carbons (Fsp3) is 0.545. The second-order valence-corrected chi connectivity index (χ2v) is 3.88. The largest absolute Gasteiger partial charge is 0.457 e. The highest BCUT2D eigenvalue weighted by atomic mass is 16.3. The van der Waals surface area contributed by atoms with Gasteiger partial charge in [0.1, 0.15) is 5.76 Å². The highest BCUT2D eigenvalue weighted by molar-refractivity contribution is 5.70. The number of furan rings is 1. The molecule has 2 heterocycles. The number of likely N-dealkylation sites (tertiary alicyclic amines) is 1. The van der Waals surface area contributed by atoms with Gasteiger partial charge in [0.15, 0.2) is 12.0 Å². The van der Waals surface area contributed by atoms with Crippen LogP contribution >= 0.6 is 0 Å². The third-order valence-corrected chi connectivity index (χ3v) is 2.85. The number of rotatable bonds is 3. The first-order valence-electron chi connectivity index (χ1n) is 5.07. The lowest BCUT2D eigenvalue weighted by Gasteiger charge is -2.18. The van der Waals surface area contributed by atoms with Gasteiger partial charge in [-0.3, -0.25) is 9.69 Å². The van der Waals surface area contributed by atoms with Gasteiger partial charge in [0.2, 0.25) is 0 Å². The van der Waals surface area contributed by atoms with Crippen molar-refractivity contribution < 1.29 is 9.21 Å². The maximum absolute atomic E-state index is 10.4. The van der Waals surface area contributed by atoms with Crippen LogP contribution in [0.4, 0.5) is 0 Å². The molecule has 1 aliphatic heterocycles. The van der Waals surface area contributed by atoms with E-state index >= 15 is 0 Å². The molecule has 1 atom stereocenters. The summed E-state index contributed by atoms with van der Waals surface area (Å²) in [6.07, 6.45) is 3.28. The number of carbonyl (C=O) groups excluding carboxylic acids is 1. The zero-order valence-electron chi connectivity index (χ0n) is 8.40. The lowest BCUT2D eigenvalue weighted by atomic mass is 10.2. The Morgan fingerprint density at radius 3 is 3.07 bits per heavy atom. The summed E-state index contributed by atoms with van der Waals surface area (Å²) < 4.78 is 5.33. The summed E-state index contributed by atoms with van der Waals surface area (Å²) in [6, 6.07) is 4.25. The molecule has 0 aromatic carbocycles. The van der Waals surface area contributed by atoms with Crippen molar-refractivity contribution in [3.63, 3.8) is 0 Å². The summed E-state index contributed by atoms with van der Waals surface area (Å²) in [5, 5.41) is 0. The maximum atomic E-state index is 10.4. The second kappa shape index (κ2) is 3.96. The zero-order valence-corrected chi connectivity index (χ0v) is 8.40. The fourth-order valence-corrected chi connectivity index (χ4v) is 1.97. The van der Waals surface area contributed by atoms with Gasteiger partial charge in [-0.2, -0.15) is 0 Å². The van der Waals surface area contributed by atoms with Crippen LogP contribution in [0.25, 0.3) is 0 Å². The third kappa shape index (κ3) is 1.87. The van der Waals surface area contributed by atoms with E-state index in [1.54, 1.807) is 6.07 Å². The van der Waals surface area contributed by atoms with Crippen molar-refractivity contribution in [3.8, 4) is 0 Å². The average Bonchev–Trinajstić information content (AvgIpc) is 2.77. The van der Waals surface area contributed by atoms with Gasteiger partial charge in [-0.25, -0.2) is 0 Å². The van der Waals surface area contributed by atoms with Gasteiger partial charge >= 0.3 is 0 Å². The Balaban J connectivity index is 1.99. The van der Waals surface area contributed by atoms with E-state index < -0.39 is 0 Å². The SMILES string of the molecule is CC1CCCN1Cc1ccc(C=O)o1. The monoisotopic (exact) mass is 193 g/mol. The van der Waals surface area contributed by atoms with Crippen LogP contribution in [0, 0.1) is 0 Å². The van der Waals surface area contributed by atoms with Crippen molar-refractivity contribution in [3.05, 3.63) is 23.7 Å². The highest BCUT2D eigenvalue weighted by Gasteiger charge is 2.20. The van der Waals surface area contributed by atoms with E-state index in [-0.39, 0.29) is 0 Å². The van der Waals surface area contributed by atoms with Crippen molar-refractivity contribution in [1.29, 1.82) is 0 Å². The van der Waals surface area contributed by atoms with Crippen LogP contribution in [0.2, 0.25) is 0 Å². The molecule has 1 aromatic heterocycles. The van der Waals surface area contributed by atoms with Crippen LogP contribution in [-0.4, -0.2) is 23.8 Å². The quantitative estimate of drug-likeness (QED) is 0.689. The summed E-state index contributed by atoms with van der Waals surface area (Å²) in [5.41, 5.74) is 0. The van der Waals surface area contributed by atoms with Crippen molar-refractivity contribution in [2.24, 2.45) is 0 Å². The van der Waals surface area contributed by atoms with Crippen molar-refractivity contribution >= 4 is 6.29 Å². The van der Waals surface area contributed by atoms with Crippen molar-refractivity contribution in [1.82, 2.24) is 4.90 Å². The van der Waals surface area contributed by atoms with Gasteiger partial charge in [-0.15, -0.1) is 0 Å². The smallest absolute Gasteiger partial charge is 0.185 e. The minimum atomic E-state index is 0.423. The molecule has 0 amide bonds. The normalized spacial score (nSPS) is 22.8. The Morgan fingerprint density at radius 1 is 1.64 bits per heavy atom. The Morgan fingerprint density at radius 2 is 2.50 bits per heavy atom. The summed E-state index contributed by atoms with van der Waals surface area (Å²) in [5.74, 6) is 1.31. The summed E-state index contributed by atoms with van der Waals surface area (Å²) in [7, 11) is 0. The van der Waals surface area contributed by atoms with E-state index in [2.05, 4.69) is 11.8 Å². The van der Waals surface area contributed by atoms with E-state index in [1.807, 2.05) is 6.07 Å². The summed E-state index contributed by atoms with van der Waals surface area (Å²) >= 11 is 0. The molecule has 0 spiro atoms. The van der Waals surface area contributed by atoms with Gasteiger partial charge in [-0.1, -0.05) is 0 Å². The van der Waals surface area contributed by atoms with Crippen LogP contribution in [0.15, 0.2) is 16.5 Å². The molecule has 14 heavy (non-hydrogen) atoms. The van der Waals surface area contributed by atoms with Gasteiger partial charge in [0.25, 0.3) is 0 Å². The fourth-order valence-electron chi connectivity index (χ4n) is 1.97. The third-order valence-electron chi connectivity index (χ3n) is 2.85. The topological polar surface area (TPSA) is 33.5 Å². The summed E-state index contributed by atoms with van der Waals surface area (Å²) in [6.45, 7) is 4.20. The minimum Gasteiger partial charge on any atom is -0.457 e. The average molecular weight is 193 g/mol. The van der Waals surface area contributed by atoms with Crippen LogP contribution in [0.1, 0.15) is 36.1 Å². The molecule has 1 saturated heterocycles.